The molecule has 116 valence electrons. The second kappa shape index (κ2) is 6.93. The molecule has 0 aromatic carbocycles. The fourth-order valence-corrected chi connectivity index (χ4v) is 4.43. The molecule has 2 N–H and O–H groups in total. The molecule has 0 saturated heterocycles. The highest BCUT2D eigenvalue weighted by Gasteiger charge is 2.42. The molecule has 0 bridgehead atoms. The third-order valence-corrected chi connectivity index (χ3v) is 5.47. The van der Waals surface area contributed by atoms with E-state index >= 15 is 0 Å². The lowest BCUT2D eigenvalue weighted by Crippen LogP contribution is -2.48. The first-order valence-electron chi connectivity index (χ1n) is 8.50. The first-order chi connectivity index (χ1) is 9.53. The van der Waals surface area contributed by atoms with Crippen LogP contribution in [0.2, 0.25) is 0 Å². The van der Waals surface area contributed by atoms with Crippen LogP contribution in [0.5, 0.6) is 0 Å². The number of carbonyl (C=O) groups is 1. The Kier molecular flexibility index (Phi) is 5.48. The second-order valence-electron chi connectivity index (χ2n) is 7.44. The van der Waals surface area contributed by atoms with Crippen molar-refractivity contribution in [3.05, 3.63) is 0 Å². The number of aliphatic carboxylic acids is 1. The zero-order valence-electron chi connectivity index (χ0n) is 13.2. The van der Waals surface area contributed by atoms with Crippen LogP contribution >= 0.6 is 0 Å². The van der Waals surface area contributed by atoms with E-state index in [1.165, 1.54) is 51.4 Å². The number of hydrogen-bond donors (Lipinski definition) is 2. The molecule has 0 radical (unpaired) electrons. The van der Waals surface area contributed by atoms with E-state index < -0.39 is 5.97 Å². The van der Waals surface area contributed by atoms with Crippen LogP contribution in [0.4, 0.5) is 0 Å². The standard InChI is InChI=1S/C17H31NO2/c1-13(2)11-14(16(19)20)12-18-15-7-3-4-8-17(15)9-5-6-10-17/h13-15,18H,3-12H2,1-2H3,(H,19,20). The lowest BCUT2D eigenvalue weighted by Gasteiger charge is -2.42. The van der Waals surface area contributed by atoms with Gasteiger partial charge in [0.25, 0.3) is 0 Å². The second-order valence-corrected chi connectivity index (χ2v) is 7.44. The SMILES string of the molecule is CC(C)CC(CNC1CCCCC12CCCC2)C(=O)O. The van der Waals surface area contributed by atoms with Crippen molar-refractivity contribution in [2.75, 3.05) is 6.54 Å². The van der Waals surface area contributed by atoms with Crippen molar-refractivity contribution in [2.45, 2.75) is 77.7 Å². The molecule has 0 amide bonds. The van der Waals surface area contributed by atoms with Gasteiger partial charge in [0.2, 0.25) is 0 Å². The van der Waals surface area contributed by atoms with Gasteiger partial charge in [-0.15, -0.1) is 0 Å². The topological polar surface area (TPSA) is 49.3 Å². The Morgan fingerprint density at radius 1 is 1.20 bits per heavy atom. The van der Waals surface area contributed by atoms with E-state index in [-0.39, 0.29) is 5.92 Å². The van der Waals surface area contributed by atoms with Gasteiger partial charge in [0, 0.05) is 12.6 Å². The maximum atomic E-state index is 11.4. The van der Waals surface area contributed by atoms with Gasteiger partial charge < -0.3 is 10.4 Å². The van der Waals surface area contributed by atoms with Crippen LogP contribution in [0.15, 0.2) is 0 Å². The Hall–Kier alpha value is -0.570. The van der Waals surface area contributed by atoms with Gasteiger partial charge in [-0.2, -0.15) is 0 Å². The molecular weight excluding hydrogens is 250 g/mol. The van der Waals surface area contributed by atoms with E-state index in [0.29, 0.717) is 23.9 Å². The molecule has 0 aliphatic heterocycles. The van der Waals surface area contributed by atoms with Crippen LogP contribution < -0.4 is 5.32 Å². The lowest BCUT2D eigenvalue weighted by molar-refractivity contribution is -0.142. The molecule has 0 aromatic heterocycles. The van der Waals surface area contributed by atoms with Crippen LogP contribution in [0.1, 0.15) is 71.6 Å². The summed E-state index contributed by atoms with van der Waals surface area (Å²) in [5.41, 5.74) is 0.499. The largest absolute Gasteiger partial charge is 0.481 e. The van der Waals surface area contributed by atoms with Gasteiger partial charge in [-0.1, -0.05) is 39.5 Å². The van der Waals surface area contributed by atoms with Crippen molar-refractivity contribution >= 4 is 5.97 Å². The van der Waals surface area contributed by atoms with Gasteiger partial charge in [-0.25, -0.2) is 0 Å². The third kappa shape index (κ3) is 3.75. The summed E-state index contributed by atoms with van der Waals surface area (Å²) in [6.45, 7) is 4.87. The van der Waals surface area contributed by atoms with E-state index in [9.17, 15) is 9.90 Å². The fraction of sp³-hybridized carbons (Fsp3) is 0.941. The minimum absolute atomic E-state index is 0.227. The van der Waals surface area contributed by atoms with Crippen LogP contribution in [0.3, 0.4) is 0 Å². The Bertz CT molecular complexity index is 321. The number of rotatable bonds is 6. The van der Waals surface area contributed by atoms with Gasteiger partial charge in [0.1, 0.15) is 0 Å². The molecule has 2 fully saturated rings. The summed E-state index contributed by atoms with van der Waals surface area (Å²) >= 11 is 0. The van der Waals surface area contributed by atoms with Crippen molar-refractivity contribution in [1.29, 1.82) is 0 Å². The molecule has 3 nitrogen and oxygen atoms in total. The van der Waals surface area contributed by atoms with Gasteiger partial charge in [0.15, 0.2) is 0 Å². The Balaban J connectivity index is 1.91. The Morgan fingerprint density at radius 3 is 2.35 bits per heavy atom. The van der Waals surface area contributed by atoms with Gasteiger partial charge >= 0.3 is 5.97 Å². The summed E-state index contributed by atoms with van der Waals surface area (Å²) in [5.74, 6) is -0.414. The van der Waals surface area contributed by atoms with E-state index in [1.807, 2.05) is 0 Å². The summed E-state index contributed by atoms with van der Waals surface area (Å²) in [7, 11) is 0. The number of carboxylic acid groups (broad SMARTS) is 1. The summed E-state index contributed by atoms with van der Waals surface area (Å²) in [5, 5.41) is 13.0. The van der Waals surface area contributed by atoms with E-state index in [0.717, 1.165) is 6.42 Å². The fourth-order valence-electron chi connectivity index (χ4n) is 4.43. The summed E-state index contributed by atoms with van der Waals surface area (Å²) in [4.78, 5) is 11.4. The molecule has 20 heavy (non-hydrogen) atoms. The third-order valence-electron chi connectivity index (χ3n) is 5.47. The average molecular weight is 281 g/mol. The predicted octanol–water partition coefficient (Wildman–Crippen LogP) is 3.83. The zero-order chi connectivity index (χ0) is 14.6. The van der Waals surface area contributed by atoms with E-state index in [2.05, 4.69) is 19.2 Å². The van der Waals surface area contributed by atoms with Crippen molar-refractivity contribution in [3.8, 4) is 0 Å². The van der Waals surface area contributed by atoms with Gasteiger partial charge in [-0.3, -0.25) is 4.79 Å². The highest BCUT2D eigenvalue weighted by molar-refractivity contribution is 5.70. The summed E-state index contributed by atoms with van der Waals surface area (Å²) in [6, 6.07) is 0.563. The number of carboxylic acids is 1. The molecule has 0 heterocycles. The average Bonchev–Trinajstić information content (AvgIpc) is 2.85. The quantitative estimate of drug-likeness (QED) is 0.778. The molecule has 2 rings (SSSR count). The van der Waals surface area contributed by atoms with Crippen LogP contribution in [-0.2, 0) is 4.79 Å². The molecule has 1 spiro atoms. The monoisotopic (exact) mass is 281 g/mol. The minimum Gasteiger partial charge on any atom is -0.481 e. The lowest BCUT2D eigenvalue weighted by atomic mass is 9.69. The van der Waals surface area contributed by atoms with Crippen molar-refractivity contribution in [3.63, 3.8) is 0 Å². The number of nitrogens with one attached hydrogen (secondary N) is 1. The van der Waals surface area contributed by atoms with Gasteiger partial charge in [-0.05, 0) is 43.4 Å². The van der Waals surface area contributed by atoms with Crippen LogP contribution in [0.25, 0.3) is 0 Å². The van der Waals surface area contributed by atoms with Gasteiger partial charge in [0.05, 0.1) is 5.92 Å². The molecule has 0 aromatic rings. The van der Waals surface area contributed by atoms with Crippen LogP contribution in [0, 0.1) is 17.3 Å². The van der Waals surface area contributed by atoms with Crippen molar-refractivity contribution in [2.24, 2.45) is 17.3 Å². The molecule has 2 unspecified atom stereocenters. The maximum absolute atomic E-state index is 11.4. The van der Waals surface area contributed by atoms with Crippen molar-refractivity contribution in [1.82, 2.24) is 5.32 Å². The first kappa shape index (κ1) is 15.8. The highest BCUT2D eigenvalue weighted by atomic mass is 16.4. The molecule has 3 heteroatoms. The first-order valence-corrected chi connectivity index (χ1v) is 8.50. The number of hydrogen-bond acceptors (Lipinski definition) is 2. The normalized spacial score (nSPS) is 27.1. The zero-order valence-corrected chi connectivity index (χ0v) is 13.2. The predicted molar refractivity (Wildman–Crippen MR) is 81.7 cm³/mol. The summed E-state index contributed by atoms with van der Waals surface area (Å²) in [6.07, 6.45) is 11.5. The Labute approximate surface area is 123 Å². The van der Waals surface area contributed by atoms with E-state index in [4.69, 9.17) is 0 Å². The maximum Gasteiger partial charge on any atom is 0.307 e. The van der Waals surface area contributed by atoms with Crippen LogP contribution in [-0.4, -0.2) is 23.7 Å². The molecule has 2 atom stereocenters. The van der Waals surface area contributed by atoms with E-state index in [1.54, 1.807) is 0 Å². The molecule has 2 saturated carbocycles. The molecular formula is C17H31NO2. The summed E-state index contributed by atoms with van der Waals surface area (Å²) < 4.78 is 0. The minimum atomic E-state index is -0.637. The molecule has 2 aliphatic carbocycles. The highest BCUT2D eigenvalue weighted by Crippen LogP contribution is 2.49. The Morgan fingerprint density at radius 2 is 1.80 bits per heavy atom. The van der Waals surface area contributed by atoms with Crippen molar-refractivity contribution < 1.29 is 9.90 Å². The smallest absolute Gasteiger partial charge is 0.307 e. The molecule has 2 aliphatic rings.